The molecule has 0 spiro atoms. The van der Waals surface area contributed by atoms with Crippen LogP contribution in [0, 0.1) is 11.3 Å². The molecule has 0 amide bonds. The predicted molar refractivity (Wildman–Crippen MR) is 76.9 cm³/mol. The maximum absolute atomic E-state index is 9.38. The van der Waals surface area contributed by atoms with Crippen LogP contribution in [0.15, 0.2) is 47.1 Å². The van der Waals surface area contributed by atoms with Gasteiger partial charge in [0.1, 0.15) is 5.76 Å². The normalized spacial score (nSPS) is 12.9. The van der Waals surface area contributed by atoms with Crippen LogP contribution >= 0.6 is 0 Å². The molecule has 0 saturated carbocycles. The van der Waals surface area contributed by atoms with E-state index < -0.39 is 14.4 Å². The van der Waals surface area contributed by atoms with Gasteiger partial charge in [-0.15, -0.1) is 0 Å². The summed E-state index contributed by atoms with van der Waals surface area (Å²) in [7, 11) is -1.78. The van der Waals surface area contributed by atoms with Crippen LogP contribution in [0.1, 0.15) is 11.7 Å². The zero-order valence-electron chi connectivity index (χ0n) is 11.4. The number of benzene rings is 1. The Morgan fingerprint density at radius 3 is 2.47 bits per heavy atom. The smallest absolute Gasteiger partial charge is 0.186 e. The molecule has 0 aliphatic heterocycles. The van der Waals surface area contributed by atoms with Crippen LogP contribution in [0.5, 0.6) is 0 Å². The van der Waals surface area contributed by atoms with Crippen LogP contribution in [0.3, 0.4) is 0 Å². The first-order valence-electron chi connectivity index (χ1n) is 6.21. The maximum atomic E-state index is 9.38. The molecule has 0 fully saturated rings. The average Bonchev–Trinajstić information content (AvgIpc) is 2.88. The van der Waals surface area contributed by atoms with Gasteiger partial charge in [-0.3, -0.25) is 0 Å². The van der Waals surface area contributed by atoms with Gasteiger partial charge in [0.25, 0.3) is 0 Å². The van der Waals surface area contributed by atoms with E-state index in [0.717, 1.165) is 16.9 Å². The molecule has 4 heteroatoms. The topological polar surface area (TPSA) is 46.2 Å². The van der Waals surface area contributed by atoms with Crippen molar-refractivity contribution in [1.29, 1.82) is 5.26 Å². The van der Waals surface area contributed by atoms with Gasteiger partial charge >= 0.3 is 0 Å². The van der Waals surface area contributed by atoms with Crippen molar-refractivity contribution in [2.24, 2.45) is 0 Å². The second kappa shape index (κ2) is 5.43. The van der Waals surface area contributed by atoms with Crippen molar-refractivity contribution >= 4 is 8.32 Å². The molecule has 3 nitrogen and oxygen atoms in total. The predicted octanol–water partition coefficient (Wildman–Crippen LogP) is 4.36. The number of nitriles is 1. The third-order valence-electron chi connectivity index (χ3n) is 2.62. The van der Waals surface area contributed by atoms with Crippen molar-refractivity contribution in [3.05, 3.63) is 48.2 Å². The van der Waals surface area contributed by atoms with Crippen molar-refractivity contribution in [2.45, 2.75) is 25.7 Å². The molecule has 0 radical (unpaired) electrons. The number of furan rings is 1. The summed E-state index contributed by atoms with van der Waals surface area (Å²) in [6.07, 6.45) is 1.08. The third-order valence-corrected chi connectivity index (χ3v) is 3.56. The lowest BCUT2D eigenvalue weighted by Crippen LogP contribution is -2.27. The monoisotopic (exact) mass is 271 g/mol. The number of nitrogens with zero attached hydrogens (tertiary/aromatic N) is 1. The highest BCUT2D eigenvalue weighted by atomic mass is 28.4. The van der Waals surface area contributed by atoms with E-state index in [2.05, 4.69) is 25.7 Å². The molecule has 0 N–H and O–H groups in total. The van der Waals surface area contributed by atoms with E-state index in [-0.39, 0.29) is 0 Å². The molecule has 1 atom stereocenters. The summed E-state index contributed by atoms with van der Waals surface area (Å²) >= 11 is 0. The lowest BCUT2D eigenvalue weighted by Gasteiger charge is -2.23. The largest absolute Gasteiger partial charge is 0.464 e. The van der Waals surface area contributed by atoms with Gasteiger partial charge in [0, 0.05) is 11.1 Å². The first kappa shape index (κ1) is 13.6. The van der Waals surface area contributed by atoms with Gasteiger partial charge in [-0.2, -0.15) is 5.26 Å². The molecule has 2 rings (SSSR count). The Morgan fingerprint density at radius 2 is 1.89 bits per heavy atom. The van der Waals surface area contributed by atoms with Crippen LogP contribution in [-0.4, -0.2) is 8.32 Å². The lowest BCUT2D eigenvalue weighted by atomic mass is 10.0. The minimum Gasteiger partial charge on any atom is -0.464 e. The molecule has 0 bridgehead atoms. The first-order valence-corrected chi connectivity index (χ1v) is 9.62. The third kappa shape index (κ3) is 3.34. The van der Waals surface area contributed by atoms with Gasteiger partial charge in [-0.05, 0) is 31.8 Å². The molecular formula is C15H17NO2Si. The van der Waals surface area contributed by atoms with Crippen molar-refractivity contribution in [2.75, 3.05) is 0 Å². The first-order chi connectivity index (χ1) is 9.01. The van der Waals surface area contributed by atoms with Crippen molar-refractivity contribution in [3.63, 3.8) is 0 Å². The van der Waals surface area contributed by atoms with Crippen LogP contribution in [-0.2, 0) is 4.43 Å². The van der Waals surface area contributed by atoms with Crippen LogP contribution in [0.25, 0.3) is 11.3 Å². The van der Waals surface area contributed by atoms with Gasteiger partial charge in [0.2, 0.25) is 0 Å². The zero-order valence-corrected chi connectivity index (χ0v) is 12.4. The molecular weight excluding hydrogens is 254 g/mol. The van der Waals surface area contributed by atoms with Gasteiger partial charge in [0.05, 0.1) is 12.3 Å². The Balaban J connectivity index is 2.42. The Morgan fingerprint density at radius 1 is 1.16 bits per heavy atom. The molecule has 1 aromatic carbocycles. The Hall–Kier alpha value is -1.83. The maximum Gasteiger partial charge on any atom is 0.186 e. The molecule has 19 heavy (non-hydrogen) atoms. The standard InChI is InChI=1S/C15H17NO2Si/c1-19(2,3)18-15(11-16)13-8-5-4-7-12(13)14-9-6-10-17-14/h4-10,15H,1-3H3. The average molecular weight is 271 g/mol. The van der Waals surface area contributed by atoms with E-state index in [1.54, 1.807) is 6.26 Å². The number of hydrogen-bond donors (Lipinski definition) is 0. The molecule has 98 valence electrons. The van der Waals surface area contributed by atoms with E-state index in [1.807, 2.05) is 36.4 Å². The van der Waals surface area contributed by atoms with E-state index >= 15 is 0 Å². The summed E-state index contributed by atoms with van der Waals surface area (Å²) in [6, 6.07) is 13.7. The number of hydrogen-bond acceptors (Lipinski definition) is 3. The Kier molecular flexibility index (Phi) is 3.89. The second-order valence-corrected chi connectivity index (χ2v) is 9.76. The minimum atomic E-state index is -1.78. The fraction of sp³-hybridized carbons (Fsp3) is 0.267. The molecule has 2 aromatic rings. The summed E-state index contributed by atoms with van der Waals surface area (Å²) in [5.41, 5.74) is 1.78. The quantitative estimate of drug-likeness (QED) is 0.776. The van der Waals surface area contributed by atoms with Crippen molar-refractivity contribution < 1.29 is 8.84 Å². The molecule has 1 aromatic heterocycles. The molecule has 0 saturated heterocycles. The second-order valence-electron chi connectivity index (χ2n) is 5.30. The van der Waals surface area contributed by atoms with Crippen LogP contribution < -0.4 is 0 Å². The van der Waals surface area contributed by atoms with Crippen LogP contribution in [0.4, 0.5) is 0 Å². The van der Waals surface area contributed by atoms with Gasteiger partial charge < -0.3 is 8.84 Å². The van der Waals surface area contributed by atoms with E-state index in [9.17, 15) is 5.26 Å². The minimum absolute atomic E-state index is 0.548. The van der Waals surface area contributed by atoms with Gasteiger partial charge in [0.15, 0.2) is 14.4 Å². The highest BCUT2D eigenvalue weighted by Crippen LogP contribution is 2.31. The fourth-order valence-corrected chi connectivity index (χ4v) is 2.78. The molecule has 0 aliphatic carbocycles. The SMILES string of the molecule is C[Si](C)(C)OC(C#N)c1ccccc1-c1ccco1. The zero-order chi connectivity index (χ0) is 13.9. The summed E-state index contributed by atoms with van der Waals surface area (Å²) in [5.74, 6) is 0.759. The highest BCUT2D eigenvalue weighted by Gasteiger charge is 2.24. The molecule has 1 heterocycles. The van der Waals surface area contributed by atoms with Crippen LogP contribution in [0.2, 0.25) is 19.6 Å². The Labute approximate surface area is 114 Å². The van der Waals surface area contributed by atoms with Gasteiger partial charge in [-0.25, -0.2) is 0 Å². The van der Waals surface area contributed by atoms with Gasteiger partial charge in [-0.1, -0.05) is 24.3 Å². The summed E-state index contributed by atoms with van der Waals surface area (Å²) in [6.45, 7) is 6.23. The van der Waals surface area contributed by atoms with E-state index in [0.29, 0.717) is 0 Å². The fourth-order valence-electron chi connectivity index (χ4n) is 1.89. The Bertz CT molecular complexity index is 579. The summed E-state index contributed by atoms with van der Waals surface area (Å²) in [5, 5.41) is 9.38. The highest BCUT2D eigenvalue weighted by molar-refractivity contribution is 6.69. The van der Waals surface area contributed by atoms with E-state index in [4.69, 9.17) is 8.84 Å². The van der Waals surface area contributed by atoms with Crippen molar-refractivity contribution in [3.8, 4) is 17.4 Å². The number of rotatable bonds is 4. The summed E-state index contributed by atoms with van der Waals surface area (Å²) in [4.78, 5) is 0. The van der Waals surface area contributed by atoms with Crippen molar-refractivity contribution in [1.82, 2.24) is 0 Å². The van der Waals surface area contributed by atoms with E-state index in [1.165, 1.54) is 0 Å². The lowest BCUT2D eigenvalue weighted by molar-refractivity contribution is 0.255. The molecule has 0 aliphatic rings. The molecule has 1 unspecified atom stereocenters. The summed E-state index contributed by atoms with van der Waals surface area (Å²) < 4.78 is 11.4.